The van der Waals surface area contributed by atoms with E-state index in [-0.39, 0.29) is 106 Å². The van der Waals surface area contributed by atoms with Gasteiger partial charge in [-0.1, -0.05) is 0 Å². The van der Waals surface area contributed by atoms with Gasteiger partial charge in [-0.05, 0) is 239 Å². The summed E-state index contributed by atoms with van der Waals surface area (Å²) in [7, 11) is 0. The molecule has 0 saturated carbocycles. The van der Waals surface area contributed by atoms with E-state index in [9.17, 15) is 0 Å². The third-order valence-electron chi connectivity index (χ3n) is 5.27. The quantitative estimate of drug-likeness (QED) is 0.0862. The monoisotopic (exact) mass is 878 g/mol. The largest absolute Gasteiger partial charge is 3.00 e. The van der Waals surface area contributed by atoms with Crippen LogP contribution in [-0.4, -0.2) is 116 Å². The predicted molar refractivity (Wildman–Crippen MR) is 212 cm³/mol. The fourth-order valence-corrected chi connectivity index (χ4v) is 13.7. The molecule has 0 aromatic carbocycles. The maximum Gasteiger partial charge on any atom is 3.00 e. The molecule has 0 saturated heterocycles. The molecule has 16 heteroatoms. The smallest absolute Gasteiger partial charge is 0.585 e. The molecule has 0 rings (SSSR count). The molecule has 312 valence electrons. The summed E-state index contributed by atoms with van der Waals surface area (Å²) in [5.74, 6) is 0. The molecular formula is C36H84Al3O12Y. The SMILES string of the molecule is CC(C)[O][Al-]([O]C(C)C)([O]C(C)C)[O]C(C)C.CC(C)[O][Al-]([O]C(C)C)([O]C(C)C)[O]C(C)C.CC(C)[O][Al-]([O]C(C)C)([O]C(C)C)[O]C(C)C.[Y+3]. The van der Waals surface area contributed by atoms with Gasteiger partial charge in [-0.25, -0.2) is 0 Å². The molecule has 0 aliphatic rings. The van der Waals surface area contributed by atoms with Crippen LogP contribution in [0.2, 0.25) is 0 Å². The third kappa shape index (κ3) is 35.4. The van der Waals surface area contributed by atoms with Crippen LogP contribution in [0.1, 0.15) is 166 Å². The summed E-state index contributed by atoms with van der Waals surface area (Å²) < 4.78 is 70.4. The van der Waals surface area contributed by atoms with Gasteiger partial charge in [0.1, 0.15) is 0 Å². The molecule has 0 aliphatic carbocycles. The maximum absolute atomic E-state index is 5.87. The van der Waals surface area contributed by atoms with E-state index in [1.807, 2.05) is 166 Å². The molecule has 0 aromatic heterocycles. The predicted octanol–water partition coefficient (Wildman–Crippen LogP) is 9.36. The van der Waals surface area contributed by atoms with Crippen molar-refractivity contribution in [2.75, 3.05) is 0 Å². The van der Waals surface area contributed by atoms with Crippen molar-refractivity contribution in [3.8, 4) is 0 Å². The first-order valence-electron chi connectivity index (χ1n) is 19.5. The van der Waals surface area contributed by atoms with E-state index in [0.717, 1.165) is 0 Å². The zero-order valence-electron chi connectivity index (χ0n) is 38.1. The van der Waals surface area contributed by atoms with Crippen molar-refractivity contribution in [2.45, 2.75) is 239 Å². The van der Waals surface area contributed by atoms with Gasteiger partial charge >= 0.3 is 75.9 Å². The van der Waals surface area contributed by atoms with Gasteiger partial charge in [0.2, 0.25) is 0 Å². The van der Waals surface area contributed by atoms with Gasteiger partial charge in [-0.15, -0.1) is 0 Å². The molecular weight excluding hydrogens is 794 g/mol. The van der Waals surface area contributed by atoms with Gasteiger partial charge in [0, 0.05) is 0 Å². The fraction of sp³-hybridized carbons (Fsp3) is 1.00. The molecule has 0 radical (unpaired) electrons. The molecule has 0 atom stereocenters. The Morgan fingerprint density at radius 1 is 0.173 bits per heavy atom. The van der Waals surface area contributed by atoms with Crippen LogP contribution in [0.5, 0.6) is 0 Å². The van der Waals surface area contributed by atoms with Crippen LogP contribution in [0.15, 0.2) is 0 Å². The van der Waals surface area contributed by atoms with Crippen LogP contribution in [0.4, 0.5) is 0 Å². The van der Waals surface area contributed by atoms with E-state index < -0.39 is 43.2 Å². The first-order valence-corrected chi connectivity index (χ1v) is 25.2. The van der Waals surface area contributed by atoms with Crippen molar-refractivity contribution in [3.05, 3.63) is 0 Å². The van der Waals surface area contributed by atoms with E-state index in [0.29, 0.717) is 0 Å². The summed E-state index contributed by atoms with van der Waals surface area (Å²) in [6.45, 7) is 47.1. The van der Waals surface area contributed by atoms with E-state index in [1.165, 1.54) is 0 Å². The van der Waals surface area contributed by atoms with E-state index in [1.54, 1.807) is 0 Å². The number of hydrogen-bond acceptors (Lipinski definition) is 12. The Bertz CT molecular complexity index is 589. The summed E-state index contributed by atoms with van der Waals surface area (Å²) in [4.78, 5) is 0. The molecule has 0 heterocycles. The van der Waals surface area contributed by atoms with Crippen molar-refractivity contribution >= 4 is 43.2 Å². The summed E-state index contributed by atoms with van der Waals surface area (Å²) in [5, 5.41) is 0. The zero-order valence-corrected chi connectivity index (χ0v) is 44.4. The van der Waals surface area contributed by atoms with Gasteiger partial charge in [0.25, 0.3) is 0 Å². The average Bonchev–Trinajstić information content (AvgIpc) is 2.78. The van der Waals surface area contributed by atoms with Gasteiger partial charge in [0.05, 0.1) is 0 Å². The van der Waals surface area contributed by atoms with Crippen LogP contribution in [0, 0.1) is 0 Å². The van der Waals surface area contributed by atoms with Crippen molar-refractivity contribution in [1.82, 2.24) is 0 Å². The van der Waals surface area contributed by atoms with Crippen molar-refractivity contribution in [1.29, 1.82) is 0 Å². The molecule has 0 aliphatic heterocycles. The third-order valence-corrected chi connectivity index (χ3v) is 15.8. The summed E-state index contributed by atoms with van der Waals surface area (Å²) in [6, 6.07) is 0. The Kier molecular flexibility index (Phi) is 36.5. The topological polar surface area (TPSA) is 111 Å². The normalized spacial score (nSPS) is 13.2. The Morgan fingerprint density at radius 2 is 0.231 bits per heavy atom. The van der Waals surface area contributed by atoms with Crippen LogP contribution >= 0.6 is 0 Å². The van der Waals surface area contributed by atoms with E-state index in [2.05, 4.69) is 0 Å². The summed E-state index contributed by atoms with van der Waals surface area (Å²) >= 11 is -10.1. The minimum atomic E-state index is -3.38. The molecule has 0 amide bonds. The molecule has 0 bridgehead atoms. The Morgan fingerprint density at radius 3 is 0.269 bits per heavy atom. The molecule has 0 N–H and O–H groups in total. The van der Waals surface area contributed by atoms with Crippen LogP contribution in [-0.2, 0) is 78.2 Å². The zero-order chi connectivity index (χ0) is 40.9. The Hall–Kier alpha value is 2.22. The second-order valence-corrected chi connectivity index (χ2v) is 22.7. The van der Waals surface area contributed by atoms with Gasteiger partial charge in [-0.2, -0.15) is 0 Å². The molecule has 12 nitrogen and oxygen atoms in total. The van der Waals surface area contributed by atoms with Gasteiger partial charge < -0.3 is 45.5 Å². The van der Waals surface area contributed by atoms with Gasteiger partial charge in [0.15, 0.2) is 0 Å². The van der Waals surface area contributed by atoms with Crippen molar-refractivity contribution < 1.29 is 78.2 Å². The standard InChI is InChI=1S/12C3H7O.3Al.Y/c12*1-3(2)4;;;;/h12*3H,1-2H3;;;;/q12*-1;4*+3. The van der Waals surface area contributed by atoms with E-state index in [4.69, 9.17) is 45.5 Å². The number of hydrogen-bond donors (Lipinski definition) is 0. The molecule has 0 unspecified atom stereocenters. The number of rotatable bonds is 24. The molecule has 0 fully saturated rings. The van der Waals surface area contributed by atoms with Crippen LogP contribution < -0.4 is 0 Å². The molecule has 0 spiro atoms. The fourth-order valence-electron chi connectivity index (χ4n) is 4.58. The first kappa shape index (κ1) is 60.9. The summed E-state index contributed by atoms with van der Waals surface area (Å²) in [6.07, 6.45) is 0.292. The Labute approximate surface area is 357 Å². The van der Waals surface area contributed by atoms with Crippen LogP contribution in [0.25, 0.3) is 0 Å². The maximum atomic E-state index is 5.87. The molecule has 0 aromatic rings. The Balaban J connectivity index is -0.000000329. The van der Waals surface area contributed by atoms with Crippen molar-refractivity contribution in [3.63, 3.8) is 0 Å². The first-order chi connectivity index (χ1) is 23.0. The van der Waals surface area contributed by atoms with Crippen LogP contribution in [0.3, 0.4) is 0 Å². The van der Waals surface area contributed by atoms with E-state index >= 15 is 0 Å². The van der Waals surface area contributed by atoms with Gasteiger partial charge in [-0.3, -0.25) is 0 Å². The molecule has 52 heavy (non-hydrogen) atoms. The second kappa shape index (κ2) is 31.2. The summed E-state index contributed by atoms with van der Waals surface area (Å²) in [5.41, 5.74) is 0. The minimum Gasteiger partial charge on any atom is -0.585 e. The average molecular weight is 879 g/mol. The van der Waals surface area contributed by atoms with Crippen molar-refractivity contribution in [2.24, 2.45) is 0 Å². The minimum absolute atomic E-state index is 0. The second-order valence-electron chi connectivity index (χ2n) is 16.0.